The molecule has 0 atom stereocenters. The third-order valence-corrected chi connectivity index (χ3v) is 5.71. The summed E-state index contributed by atoms with van der Waals surface area (Å²) in [7, 11) is 0. The van der Waals surface area contributed by atoms with Crippen LogP contribution in [-0.2, 0) is 11.3 Å². The highest BCUT2D eigenvalue weighted by molar-refractivity contribution is 7.98. The molecule has 0 aliphatic heterocycles. The molecule has 0 fully saturated rings. The molecule has 1 heterocycles. The first-order valence-corrected chi connectivity index (χ1v) is 10.4. The van der Waals surface area contributed by atoms with Gasteiger partial charge in [0, 0.05) is 24.1 Å². The van der Waals surface area contributed by atoms with Crippen molar-refractivity contribution in [2.75, 3.05) is 19.5 Å². The Morgan fingerprint density at radius 1 is 1.30 bits per heavy atom. The molecule has 3 aromatic rings. The molecule has 0 spiro atoms. The second-order valence-electron chi connectivity index (χ2n) is 5.58. The number of ether oxygens (including phenoxy) is 1. The van der Waals surface area contributed by atoms with Gasteiger partial charge >= 0.3 is 0 Å². The molecule has 0 N–H and O–H groups in total. The first-order valence-electron chi connectivity index (χ1n) is 8.33. The average molecular weight is 408 g/mol. The number of thiazole rings is 1. The van der Waals surface area contributed by atoms with Crippen LogP contribution in [-0.4, -0.2) is 29.9 Å². The van der Waals surface area contributed by atoms with Crippen LogP contribution in [0.5, 0.6) is 0 Å². The van der Waals surface area contributed by atoms with Gasteiger partial charge in [-0.3, -0.25) is 4.79 Å². The normalized spacial score (nSPS) is 12.1. The lowest BCUT2D eigenvalue weighted by Crippen LogP contribution is -2.20. The Bertz CT molecular complexity index is 1040. The fraction of sp³-hybridized carbons (Fsp3) is 0.263. The van der Waals surface area contributed by atoms with Crippen molar-refractivity contribution in [2.24, 2.45) is 4.99 Å². The SMILES string of the molecule is CCOCCn1c(=NC(=O)c2ccccc2SC)sc2cc(F)cc(F)c21. The van der Waals surface area contributed by atoms with E-state index >= 15 is 0 Å². The first kappa shape index (κ1) is 19.7. The van der Waals surface area contributed by atoms with Crippen LogP contribution in [0.4, 0.5) is 8.78 Å². The van der Waals surface area contributed by atoms with Gasteiger partial charge in [-0.2, -0.15) is 4.99 Å². The van der Waals surface area contributed by atoms with E-state index in [2.05, 4.69) is 4.99 Å². The van der Waals surface area contributed by atoms with Gasteiger partial charge in [-0.1, -0.05) is 23.5 Å². The molecule has 27 heavy (non-hydrogen) atoms. The number of fused-ring (bicyclic) bond motifs is 1. The van der Waals surface area contributed by atoms with Crippen LogP contribution < -0.4 is 4.80 Å². The van der Waals surface area contributed by atoms with Crippen LogP contribution in [0.2, 0.25) is 0 Å². The quantitative estimate of drug-likeness (QED) is 0.446. The van der Waals surface area contributed by atoms with Crippen LogP contribution in [0.1, 0.15) is 17.3 Å². The predicted octanol–water partition coefficient (Wildman–Crippen LogP) is 4.48. The van der Waals surface area contributed by atoms with Crippen molar-refractivity contribution in [2.45, 2.75) is 18.4 Å². The summed E-state index contributed by atoms with van der Waals surface area (Å²) < 4.78 is 35.3. The summed E-state index contributed by atoms with van der Waals surface area (Å²) in [5.41, 5.74) is 0.705. The zero-order chi connectivity index (χ0) is 19.4. The van der Waals surface area contributed by atoms with Crippen LogP contribution in [0, 0.1) is 11.6 Å². The van der Waals surface area contributed by atoms with Crippen molar-refractivity contribution in [3.63, 3.8) is 0 Å². The number of hydrogen-bond donors (Lipinski definition) is 0. The maximum atomic E-state index is 14.4. The molecule has 4 nitrogen and oxygen atoms in total. The van der Waals surface area contributed by atoms with E-state index in [0.29, 0.717) is 34.8 Å². The molecule has 142 valence electrons. The highest BCUT2D eigenvalue weighted by Crippen LogP contribution is 2.23. The minimum atomic E-state index is -0.684. The number of halogens is 2. The lowest BCUT2D eigenvalue weighted by molar-refractivity contribution is 0.0994. The Balaban J connectivity index is 2.14. The van der Waals surface area contributed by atoms with Gasteiger partial charge in [0.2, 0.25) is 0 Å². The van der Waals surface area contributed by atoms with Crippen molar-refractivity contribution in [1.29, 1.82) is 0 Å². The second-order valence-corrected chi connectivity index (χ2v) is 7.44. The Kier molecular flexibility index (Phi) is 6.41. The smallest absolute Gasteiger partial charge is 0.280 e. The van der Waals surface area contributed by atoms with E-state index in [-0.39, 0.29) is 5.52 Å². The Hall–Kier alpha value is -2.03. The van der Waals surface area contributed by atoms with Crippen LogP contribution in [0.25, 0.3) is 10.2 Å². The van der Waals surface area contributed by atoms with E-state index < -0.39 is 17.5 Å². The maximum absolute atomic E-state index is 14.4. The summed E-state index contributed by atoms with van der Waals surface area (Å²) in [6.45, 7) is 3.03. The number of carbonyl (C=O) groups is 1. The lowest BCUT2D eigenvalue weighted by atomic mass is 10.2. The number of benzene rings is 2. The Labute approximate surface area is 163 Å². The van der Waals surface area contributed by atoms with Gasteiger partial charge in [0.15, 0.2) is 10.6 Å². The Morgan fingerprint density at radius 2 is 2.07 bits per heavy atom. The van der Waals surface area contributed by atoms with Crippen LogP contribution in [0.15, 0.2) is 46.3 Å². The summed E-state index contributed by atoms with van der Waals surface area (Å²) in [4.78, 5) is 18.1. The predicted molar refractivity (Wildman–Crippen MR) is 104 cm³/mol. The van der Waals surface area contributed by atoms with Gasteiger partial charge in [-0.15, -0.1) is 11.8 Å². The van der Waals surface area contributed by atoms with Crippen molar-refractivity contribution in [1.82, 2.24) is 4.57 Å². The topological polar surface area (TPSA) is 43.6 Å². The molecule has 0 aliphatic rings. The van der Waals surface area contributed by atoms with E-state index in [1.54, 1.807) is 16.7 Å². The number of rotatable bonds is 6. The van der Waals surface area contributed by atoms with E-state index in [9.17, 15) is 13.6 Å². The number of aromatic nitrogens is 1. The second kappa shape index (κ2) is 8.77. The minimum absolute atomic E-state index is 0.228. The van der Waals surface area contributed by atoms with Crippen molar-refractivity contribution in [3.8, 4) is 0 Å². The fourth-order valence-corrected chi connectivity index (χ4v) is 4.37. The zero-order valence-corrected chi connectivity index (χ0v) is 16.5. The number of nitrogens with zero attached hydrogens (tertiary/aromatic N) is 2. The molecule has 0 unspecified atom stereocenters. The van der Waals surface area contributed by atoms with E-state index in [4.69, 9.17) is 4.74 Å². The van der Waals surface area contributed by atoms with Gasteiger partial charge < -0.3 is 9.30 Å². The zero-order valence-electron chi connectivity index (χ0n) is 14.9. The van der Waals surface area contributed by atoms with Crippen molar-refractivity contribution < 1.29 is 18.3 Å². The maximum Gasteiger partial charge on any atom is 0.280 e. The van der Waals surface area contributed by atoms with Crippen LogP contribution >= 0.6 is 23.1 Å². The molecule has 8 heteroatoms. The van der Waals surface area contributed by atoms with Crippen molar-refractivity contribution in [3.05, 3.63) is 58.4 Å². The van der Waals surface area contributed by atoms with Gasteiger partial charge in [0.05, 0.1) is 22.4 Å². The summed E-state index contributed by atoms with van der Waals surface area (Å²) in [5, 5.41) is 0. The molecule has 0 aliphatic carbocycles. The minimum Gasteiger partial charge on any atom is -0.380 e. The van der Waals surface area contributed by atoms with E-state index in [1.807, 2.05) is 25.3 Å². The standard InChI is InChI=1S/C19H18F2N2O2S2/c1-3-25-9-8-23-17-14(21)10-12(20)11-16(17)27-19(23)22-18(24)13-6-4-5-7-15(13)26-2/h4-7,10-11H,3,8-9H2,1-2H3. The highest BCUT2D eigenvalue weighted by atomic mass is 32.2. The van der Waals surface area contributed by atoms with Gasteiger partial charge in [0.25, 0.3) is 5.91 Å². The largest absolute Gasteiger partial charge is 0.380 e. The summed E-state index contributed by atoms with van der Waals surface area (Å²) in [6, 6.07) is 9.25. The monoisotopic (exact) mass is 408 g/mol. The summed E-state index contributed by atoms with van der Waals surface area (Å²) in [6.07, 6.45) is 1.88. The van der Waals surface area contributed by atoms with Gasteiger partial charge in [0.1, 0.15) is 5.82 Å². The molecule has 0 saturated carbocycles. The fourth-order valence-electron chi connectivity index (χ4n) is 2.69. The third-order valence-electron chi connectivity index (χ3n) is 3.89. The molecular formula is C19H18F2N2O2S2. The molecule has 0 saturated heterocycles. The number of hydrogen-bond acceptors (Lipinski definition) is 4. The third kappa shape index (κ3) is 4.28. The summed E-state index contributed by atoms with van der Waals surface area (Å²) >= 11 is 2.53. The molecular weight excluding hydrogens is 390 g/mol. The lowest BCUT2D eigenvalue weighted by Gasteiger charge is -2.06. The van der Waals surface area contributed by atoms with Crippen molar-refractivity contribution >= 4 is 39.2 Å². The number of carbonyl (C=O) groups excluding carboxylic acids is 1. The van der Waals surface area contributed by atoms with E-state index in [1.165, 1.54) is 17.8 Å². The first-order chi connectivity index (χ1) is 13.0. The molecule has 3 rings (SSSR count). The molecule has 1 amide bonds. The molecule has 1 aromatic heterocycles. The van der Waals surface area contributed by atoms with E-state index in [0.717, 1.165) is 22.3 Å². The molecule has 2 aromatic carbocycles. The van der Waals surface area contributed by atoms with Crippen LogP contribution in [0.3, 0.4) is 0 Å². The van der Waals surface area contributed by atoms with Gasteiger partial charge in [-0.25, -0.2) is 8.78 Å². The average Bonchev–Trinajstić information content (AvgIpc) is 2.99. The highest BCUT2D eigenvalue weighted by Gasteiger charge is 2.15. The summed E-state index contributed by atoms with van der Waals surface area (Å²) in [5.74, 6) is -1.77. The van der Waals surface area contributed by atoms with Gasteiger partial charge in [-0.05, 0) is 31.4 Å². The Morgan fingerprint density at radius 3 is 2.81 bits per heavy atom. The molecule has 0 radical (unpaired) electrons. The number of thioether (sulfide) groups is 1. The molecule has 0 bridgehead atoms. The number of amides is 1.